The predicted molar refractivity (Wildman–Crippen MR) is 73.2 cm³/mol. The van der Waals surface area contributed by atoms with Gasteiger partial charge < -0.3 is 4.74 Å². The Morgan fingerprint density at radius 3 is 2.53 bits per heavy atom. The molecule has 0 amide bonds. The maximum atomic E-state index is 11.3. The zero-order valence-corrected chi connectivity index (χ0v) is 13.0. The molecule has 2 N–H and O–H groups in total. The van der Waals surface area contributed by atoms with Crippen LogP contribution >= 0.6 is 15.9 Å². The summed E-state index contributed by atoms with van der Waals surface area (Å²) in [7, 11) is -6.79. The van der Waals surface area contributed by atoms with Crippen LogP contribution in [0.1, 0.15) is 6.42 Å². The van der Waals surface area contributed by atoms with Crippen LogP contribution < -0.4 is 9.88 Å². The molecule has 0 saturated carbocycles. The maximum Gasteiger partial charge on any atom is 0.238 e. The summed E-state index contributed by atoms with van der Waals surface area (Å²) in [5.41, 5.74) is 0. The smallest absolute Gasteiger partial charge is 0.238 e. The molecule has 0 spiro atoms. The third-order valence-corrected chi connectivity index (χ3v) is 5.98. The molecular weight excluding hydrogens is 358 g/mol. The van der Waals surface area contributed by atoms with Crippen LogP contribution in [0.4, 0.5) is 0 Å². The van der Waals surface area contributed by atoms with Gasteiger partial charge in [0.2, 0.25) is 10.0 Å². The van der Waals surface area contributed by atoms with Crippen molar-refractivity contribution in [3.05, 3.63) is 22.7 Å². The highest BCUT2D eigenvalue weighted by Crippen LogP contribution is 2.30. The fourth-order valence-electron chi connectivity index (χ4n) is 1.79. The standard InChI is InChI=1S/C10H12BrNO5S2/c11-9-5-8(19(12,15)16)1-2-10(9)17-7-3-4-18(13,14)6-7/h1-2,5,7H,3-4,6H2,(H2,12,15,16). The van der Waals surface area contributed by atoms with E-state index < -0.39 is 26.0 Å². The zero-order chi connectivity index (χ0) is 14.3. The molecule has 0 radical (unpaired) electrons. The van der Waals surface area contributed by atoms with E-state index in [1.807, 2.05) is 0 Å². The monoisotopic (exact) mass is 369 g/mol. The molecule has 1 aromatic carbocycles. The Kier molecular flexibility index (Phi) is 3.92. The molecule has 106 valence electrons. The summed E-state index contributed by atoms with van der Waals surface area (Å²) in [6.07, 6.45) is 0.0350. The Hall–Kier alpha value is -0.640. The minimum Gasteiger partial charge on any atom is -0.488 e. The Bertz CT molecular complexity index is 699. The minimum atomic E-state index is -3.77. The number of halogens is 1. The summed E-state index contributed by atoms with van der Waals surface area (Å²) in [5, 5.41) is 5.01. The topological polar surface area (TPSA) is 104 Å². The molecule has 2 rings (SSSR count). The molecule has 1 aromatic rings. The fourth-order valence-corrected chi connectivity index (χ4v) is 4.54. The normalized spacial score (nSPS) is 22.3. The van der Waals surface area contributed by atoms with E-state index in [1.54, 1.807) is 0 Å². The van der Waals surface area contributed by atoms with Crippen molar-refractivity contribution in [2.75, 3.05) is 11.5 Å². The average Bonchev–Trinajstić information content (AvgIpc) is 2.59. The van der Waals surface area contributed by atoms with Gasteiger partial charge >= 0.3 is 0 Å². The number of ether oxygens (including phenoxy) is 1. The summed E-state index contributed by atoms with van der Waals surface area (Å²) >= 11 is 3.18. The number of hydrogen-bond donors (Lipinski definition) is 1. The lowest BCUT2D eigenvalue weighted by atomic mass is 10.3. The van der Waals surface area contributed by atoms with Crippen LogP contribution in [0.25, 0.3) is 0 Å². The van der Waals surface area contributed by atoms with Gasteiger partial charge in [0.25, 0.3) is 0 Å². The van der Waals surface area contributed by atoms with E-state index in [0.717, 1.165) is 0 Å². The third kappa shape index (κ3) is 3.68. The Morgan fingerprint density at radius 1 is 1.37 bits per heavy atom. The van der Waals surface area contributed by atoms with Crippen molar-refractivity contribution < 1.29 is 21.6 Å². The molecule has 19 heavy (non-hydrogen) atoms. The van der Waals surface area contributed by atoms with Gasteiger partial charge in [-0.1, -0.05) is 0 Å². The number of rotatable bonds is 3. The summed E-state index contributed by atoms with van der Waals surface area (Å²) in [6, 6.07) is 4.10. The Morgan fingerprint density at radius 2 is 2.05 bits per heavy atom. The van der Waals surface area contributed by atoms with Crippen molar-refractivity contribution in [2.24, 2.45) is 5.14 Å². The molecule has 9 heteroatoms. The average molecular weight is 370 g/mol. The number of sulfonamides is 1. The molecule has 1 heterocycles. The highest BCUT2D eigenvalue weighted by molar-refractivity contribution is 9.10. The van der Waals surface area contributed by atoms with E-state index in [4.69, 9.17) is 9.88 Å². The van der Waals surface area contributed by atoms with E-state index >= 15 is 0 Å². The van der Waals surface area contributed by atoms with Crippen LogP contribution in [0.15, 0.2) is 27.6 Å². The van der Waals surface area contributed by atoms with Gasteiger partial charge in [-0.3, -0.25) is 0 Å². The minimum absolute atomic E-state index is 0.0175. The van der Waals surface area contributed by atoms with Gasteiger partial charge in [-0.25, -0.2) is 22.0 Å². The van der Waals surface area contributed by atoms with Gasteiger partial charge in [0, 0.05) is 0 Å². The molecule has 1 aliphatic rings. The van der Waals surface area contributed by atoms with E-state index in [0.29, 0.717) is 16.6 Å². The first-order valence-electron chi connectivity index (χ1n) is 5.37. The Balaban J connectivity index is 2.19. The first kappa shape index (κ1) is 14.8. The van der Waals surface area contributed by atoms with Crippen molar-refractivity contribution in [3.63, 3.8) is 0 Å². The third-order valence-electron chi connectivity index (χ3n) is 2.72. The van der Waals surface area contributed by atoms with Crippen LogP contribution in [0.5, 0.6) is 5.75 Å². The van der Waals surface area contributed by atoms with Crippen molar-refractivity contribution in [3.8, 4) is 5.75 Å². The van der Waals surface area contributed by atoms with Crippen molar-refractivity contribution >= 4 is 35.8 Å². The van der Waals surface area contributed by atoms with E-state index in [-0.39, 0.29) is 16.4 Å². The number of nitrogens with two attached hydrogens (primary N) is 1. The van der Waals surface area contributed by atoms with Crippen LogP contribution in [0.2, 0.25) is 0 Å². The first-order chi connectivity index (χ1) is 8.67. The molecule has 6 nitrogen and oxygen atoms in total. The molecule has 1 unspecified atom stereocenters. The number of benzene rings is 1. The quantitative estimate of drug-likeness (QED) is 0.842. The number of sulfone groups is 1. The van der Waals surface area contributed by atoms with Gasteiger partial charge in [-0.05, 0) is 40.5 Å². The number of primary sulfonamides is 1. The summed E-state index contributed by atoms with van der Waals surface area (Å²) in [6.45, 7) is 0. The van der Waals surface area contributed by atoms with Gasteiger partial charge in [0.15, 0.2) is 9.84 Å². The van der Waals surface area contributed by atoms with Crippen molar-refractivity contribution in [2.45, 2.75) is 17.4 Å². The molecule has 0 bridgehead atoms. The maximum absolute atomic E-state index is 11.3. The van der Waals surface area contributed by atoms with Crippen molar-refractivity contribution in [1.82, 2.24) is 0 Å². The lowest BCUT2D eigenvalue weighted by molar-refractivity contribution is 0.227. The van der Waals surface area contributed by atoms with Crippen LogP contribution in [0.3, 0.4) is 0 Å². The molecule has 1 fully saturated rings. The SMILES string of the molecule is NS(=O)(=O)c1ccc(OC2CCS(=O)(=O)C2)c(Br)c1. The largest absolute Gasteiger partial charge is 0.488 e. The second kappa shape index (κ2) is 5.04. The number of hydrogen-bond acceptors (Lipinski definition) is 5. The fraction of sp³-hybridized carbons (Fsp3) is 0.400. The zero-order valence-electron chi connectivity index (χ0n) is 9.74. The second-order valence-electron chi connectivity index (χ2n) is 4.28. The highest BCUT2D eigenvalue weighted by Gasteiger charge is 2.29. The molecule has 1 aliphatic heterocycles. The van der Waals surface area contributed by atoms with Crippen LogP contribution in [-0.4, -0.2) is 34.4 Å². The lowest BCUT2D eigenvalue weighted by Crippen LogP contribution is -2.18. The van der Waals surface area contributed by atoms with Gasteiger partial charge in [0.05, 0.1) is 20.9 Å². The summed E-state index contributed by atoms with van der Waals surface area (Å²) in [5.74, 6) is 0.496. The molecule has 0 aromatic heterocycles. The first-order valence-corrected chi connectivity index (χ1v) is 9.53. The molecular formula is C10H12BrNO5S2. The van der Waals surface area contributed by atoms with Gasteiger partial charge in [0.1, 0.15) is 11.9 Å². The highest BCUT2D eigenvalue weighted by atomic mass is 79.9. The van der Waals surface area contributed by atoms with Crippen molar-refractivity contribution in [1.29, 1.82) is 0 Å². The summed E-state index contributed by atoms with van der Waals surface area (Å²) in [4.78, 5) is -0.0363. The summed E-state index contributed by atoms with van der Waals surface area (Å²) < 4.78 is 50.9. The van der Waals surface area contributed by atoms with E-state index in [9.17, 15) is 16.8 Å². The van der Waals surface area contributed by atoms with E-state index in [2.05, 4.69) is 15.9 Å². The lowest BCUT2D eigenvalue weighted by Gasteiger charge is -2.13. The predicted octanol–water partition coefficient (Wildman–Crippen LogP) is 0.662. The van der Waals surface area contributed by atoms with Crippen LogP contribution in [0, 0.1) is 0 Å². The van der Waals surface area contributed by atoms with Gasteiger partial charge in [-0.2, -0.15) is 0 Å². The Labute approximate surface area is 120 Å². The van der Waals surface area contributed by atoms with Crippen LogP contribution in [-0.2, 0) is 19.9 Å². The molecule has 1 atom stereocenters. The van der Waals surface area contributed by atoms with E-state index in [1.165, 1.54) is 18.2 Å². The second-order valence-corrected chi connectivity index (χ2v) is 8.92. The van der Waals surface area contributed by atoms with Gasteiger partial charge in [-0.15, -0.1) is 0 Å². The molecule has 1 saturated heterocycles. The molecule has 0 aliphatic carbocycles.